The summed E-state index contributed by atoms with van der Waals surface area (Å²) >= 11 is 0. The number of amides is 1. The van der Waals surface area contributed by atoms with Crippen molar-refractivity contribution in [2.24, 2.45) is 0 Å². The minimum Gasteiger partial charge on any atom is -0.502 e. The Morgan fingerprint density at radius 3 is 2.72 bits per heavy atom. The summed E-state index contributed by atoms with van der Waals surface area (Å²) in [6.45, 7) is 4.63. The number of aryl methyl sites for hydroxylation is 1. The Bertz CT molecular complexity index is 1150. The first-order valence-corrected chi connectivity index (χ1v) is 10.3. The van der Waals surface area contributed by atoms with Crippen molar-refractivity contribution in [3.63, 3.8) is 0 Å². The molecule has 1 aromatic carbocycles. The summed E-state index contributed by atoms with van der Waals surface area (Å²) in [6, 6.07) is 2.84. The van der Waals surface area contributed by atoms with Gasteiger partial charge in [0.1, 0.15) is 17.8 Å². The molecule has 4 rings (SSSR count). The Labute approximate surface area is 182 Å². The van der Waals surface area contributed by atoms with E-state index in [2.05, 4.69) is 0 Å². The van der Waals surface area contributed by atoms with Crippen LogP contribution < -0.4 is 10.4 Å². The third kappa shape index (κ3) is 3.64. The van der Waals surface area contributed by atoms with Gasteiger partial charge in [0, 0.05) is 24.7 Å². The van der Waals surface area contributed by atoms with Crippen LogP contribution in [0.25, 0.3) is 0 Å². The number of nitrogens with zero attached hydrogens (tertiary/aromatic N) is 3. The van der Waals surface area contributed by atoms with Gasteiger partial charge in [-0.1, -0.05) is 6.07 Å². The van der Waals surface area contributed by atoms with Crippen molar-refractivity contribution in [2.45, 2.75) is 38.9 Å². The second kappa shape index (κ2) is 8.34. The molecule has 10 heteroatoms. The molecule has 0 radical (unpaired) electrons. The summed E-state index contributed by atoms with van der Waals surface area (Å²) < 4.78 is 33.9. The van der Waals surface area contributed by atoms with Crippen LogP contribution in [0.15, 0.2) is 29.2 Å². The van der Waals surface area contributed by atoms with E-state index >= 15 is 0 Å². The van der Waals surface area contributed by atoms with E-state index in [9.17, 15) is 28.3 Å². The first kappa shape index (κ1) is 21.9. The molecule has 1 N–H and O–H groups in total. The minimum atomic E-state index is -0.954. The number of aromatic hydroxyl groups is 1. The first-order chi connectivity index (χ1) is 15.2. The molecule has 8 nitrogen and oxygen atoms in total. The number of carbonyl (C=O) groups excluding carboxylic acids is 2. The summed E-state index contributed by atoms with van der Waals surface area (Å²) in [5.41, 5.74) is -1.32. The van der Waals surface area contributed by atoms with Crippen LogP contribution in [0.1, 0.15) is 46.7 Å². The van der Waals surface area contributed by atoms with Gasteiger partial charge in [0.2, 0.25) is 5.43 Å². The zero-order chi connectivity index (χ0) is 23.2. The maximum absolute atomic E-state index is 13.9. The molecule has 2 aliphatic heterocycles. The minimum absolute atomic E-state index is 0.0485. The molecule has 0 bridgehead atoms. The highest BCUT2D eigenvalue weighted by Gasteiger charge is 2.43. The maximum Gasteiger partial charge on any atom is 0.278 e. The fraction of sp³-hybridized carbons (Fsp3) is 0.409. The van der Waals surface area contributed by atoms with E-state index in [4.69, 9.17) is 4.74 Å². The van der Waals surface area contributed by atoms with Gasteiger partial charge in [-0.25, -0.2) is 8.78 Å². The van der Waals surface area contributed by atoms with Crippen molar-refractivity contribution >= 4 is 11.7 Å². The SMILES string of the molecule is CC(C)N1C(=O)c2c(O)c(=O)c(C(=O)CCc3ccc(F)cc3F)cn2N2CCOC[C@@H]12. The summed E-state index contributed by atoms with van der Waals surface area (Å²) in [7, 11) is 0. The summed E-state index contributed by atoms with van der Waals surface area (Å²) in [5, 5.41) is 12.4. The second-order valence-corrected chi connectivity index (χ2v) is 8.10. The maximum atomic E-state index is 13.9. The van der Waals surface area contributed by atoms with Crippen LogP contribution in [-0.4, -0.2) is 58.3 Å². The Balaban J connectivity index is 1.70. The molecule has 1 atom stereocenters. The van der Waals surface area contributed by atoms with Crippen molar-refractivity contribution in [1.29, 1.82) is 0 Å². The average Bonchev–Trinajstić information content (AvgIpc) is 2.74. The van der Waals surface area contributed by atoms with Crippen LogP contribution in [-0.2, 0) is 11.2 Å². The molecular weight excluding hydrogens is 424 g/mol. The van der Waals surface area contributed by atoms with E-state index in [-0.39, 0.29) is 42.3 Å². The molecule has 1 fully saturated rings. The highest BCUT2D eigenvalue weighted by Crippen LogP contribution is 2.28. The Kier molecular flexibility index (Phi) is 5.72. The molecule has 3 heterocycles. The molecule has 0 unspecified atom stereocenters. The lowest BCUT2D eigenvalue weighted by molar-refractivity contribution is -0.00498. The quantitative estimate of drug-likeness (QED) is 0.703. The third-order valence-electron chi connectivity index (χ3n) is 5.77. The standard InChI is InChI=1S/C22H23F2N3O5/c1-12(2)27-18-11-32-8-7-25(18)26-10-15(20(29)21(30)19(26)22(27)31)17(28)6-4-13-3-5-14(23)9-16(13)24/h3,5,9-10,12,18,30H,4,6-8,11H2,1-2H3/t18-/m1/s1. The summed E-state index contributed by atoms with van der Waals surface area (Å²) in [5.74, 6) is -3.46. The smallest absolute Gasteiger partial charge is 0.278 e. The van der Waals surface area contributed by atoms with Crippen LogP contribution in [0.4, 0.5) is 8.78 Å². The van der Waals surface area contributed by atoms with Crippen LogP contribution >= 0.6 is 0 Å². The molecule has 0 spiro atoms. The fourth-order valence-electron chi connectivity index (χ4n) is 4.19. The monoisotopic (exact) mass is 447 g/mol. The Hall–Kier alpha value is -3.27. The lowest BCUT2D eigenvalue weighted by Crippen LogP contribution is -2.67. The van der Waals surface area contributed by atoms with Gasteiger partial charge in [0.15, 0.2) is 17.2 Å². The van der Waals surface area contributed by atoms with Gasteiger partial charge >= 0.3 is 0 Å². The Morgan fingerprint density at radius 1 is 1.28 bits per heavy atom. The van der Waals surface area contributed by atoms with Crippen LogP contribution in [0.5, 0.6) is 5.75 Å². The van der Waals surface area contributed by atoms with E-state index in [0.717, 1.165) is 12.1 Å². The van der Waals surface area contributed by atoms with Crippen molar-refractivity contribution in [3.05, 3.63) is 63.1 Å². The lowest BCUT2D eigenvalue weighted by atomic mass is 10.0. The van der Waals surface area contributed by atoms with E-state index in [1.165, 1.54) is 21.8 Å². The number of hydrogen-bond acceptors (Lipinski definition) is 6. The molecule has 32 heavy (non-hydrogen) atoms. The number of fused-ring (bicyclic) bond motifs is 3. The first-order valence-electron chi connectivity index (χ1n) is 10.3. The average molecular weight is 447 g/mol. The molecule has 2 aliphatic rings. The zero-order valence-electron chi connectivity index (χ0n) is 17.7. The largest absolute Gasteiger partial charge is 0.502 e. The number of pyridine rings is 1. The van der Waals surface area contributed by atoms with Gasteiger partial charge in [0.05, 0.1) is 25.3 Å². The Morgan fingerprint density at radius 2 is 2.03 bits per heavy atom. The van der Waals surface area contributed by atoms with Crippen molar-refractivity contribution in [2.75, 3.05) is 24.8 Å². The number of carbonyl (C=O) groups is 2. The molecule has 170 valence electrons. The molecule has 0 saturated carbocycles. The number of ketones is 1. The number of halogens is 2. The van der Waals surface area contributed by atoms with Gasteiger partial charge in [-0.2, -0.15) is 0 Å². The number of ether oxygens (including phenoxy) is 1. The number of hydrogen-bond donors (Lipinski definition) is 1. The van der Waals surface area contributed by atoms with Gasteiger partial charge in [-0.05, 0) is 31.9 Å². The zero-order valence-corrected chi connectivity index (χ0v) is 17.7. The van der Waals surface area contributed by atoms with Gasteiger partial charge in [-0.15, -0.1) is 0 Å². The molecule has 1 aromatic heterocycles. The summed E-state index contributed by atoms with van der Waals surface area (Å²) in [6.07, 6.45) is 0.527. The number of aromatic nitrogens is 1. The topological polar surface area (TPSA) is 92.1 Å². The third-order valence-corrected chi connectivity index (χ3v) is 5.77. The van der Waals surface area contributed by atoms with Crippen LogP contribution in [0.2, 0.25) is 0 Å². The van der Waals surface area contributed by atoms with Crippen molar-refractivity contribution in [1.82, 2.24) is 9.58 Å². The van der Waals surface area contributed by atoms with E-state index in [1.54, 1.807) is 5.01 Å². The fourth-order valence-corrected chi connectivity index (χ4v) is 4.19. The van der Waals surface area contributed by atoms with Crippen LogP contribution in [0.3, 0.4) is 0 Å². The van der Waals surface area contributed by atoms with Gasteiger partial charge < -0.3 is 14.7 Å². The van der Waals surface area contributed by atoms with E-state index < -0.39 is 40.7 Å². The van der Waals surface area contributed by atoms with Crippen LogP contribution in [0, 0.1) is 11.6 Å². The van der Waals surface area contributed by atoms with Gasteiger partial charge in [-0.3, -0.25) is 24.1 Å². The number of morpholine rings is 1. The summed E-state index contributed by atoms with van der Waals surface area (Å²) in [4.78, 5) is 40.2. The normalized spacial score (nSPS) is 18.0. The van der Waals surface area contributed by atoms with E-state index in [0.29, 0.717) is 13.2 Å². The predicted octanol–water partition coefficient (Wildman–Crippen LogP) is 1.81. The highest BCUT2D eigenvalue weighted by atomic mass is 19.1. The predicted molar refractivity (Wildman–Crippen MR) is 110 cm³/mol. The molecular formula is C22H23F2N3O5. The highest BCUT2D eigenvalue weighted by molar-refractivity contribution is 6.00. The number of benzene rings is 1. The second-order valence-electron chi connectivity index (χ2n) is 8.10. The lowest BCUT2D eigenvalue weighted by Gasteiger charge is -2.49. The molecule has 0 aliphatic carbocycles. The molecule has 2 aromatic rings. The van der Waals surface area contributed by atoms with Crippen molar-refractivity contribution < 1.29 is 28.2 Å². The van der Waals surface area contributed by atoms with Gasteiger partial charge in [0.25, 0.3) is 5.91 Å². The molecule has 1 saturated heterocycles. The number of Topliss-reactive ketones (excluding diaryl/α,β-unsaturated/α-hetero) is 1. The van der Waals surface area contributed by atoms with E-state index in [1.807, 2.05) is 13.8 Å². The number of rotatable bonds is 5. The van der Waals surface area contributed by atoms with Crippen molar-refractivity contribution in [3.8, 4) is 5.75 Å². The molecule has 1 amide bonds.